The summed E-state index contributed by atoms with van der Waals surface area (Å²) in [6.07, 6.45) is 0. The van der Waals surface area contributed by atoms with E-state index in [1.807, 2.05) is 37.3 Å². The lowest BCUT2D eigenvalue weighted by molar-refractivity contribution is 0.0955. The molecule has 0 aromatic heterocycles. The van der Waals surface area contributed by atoms with Crippen LogP contribution in [0.2, 0.25) is 0 Å². The number of hydrazone groups is 1. The van der Waals surface area contributed by atoms with Gasteiger partial charge in [0.15, 0.2) is 0 Å². The summed E-state index contributed by atoms with van der Waals surface area (Å²) in [4.78, 5) is 11.9. The first-order valence-electron chi connectivity index (χ1n) is 6.02. The molecule has 0 atom stereocenters. The van der Waals surface area contributed by atoms with Crippen molar-refractivity contribution in [1.82, 2.24) is 5.43 Å². The summed E-state index contributed by atoms with van der Waals surface area (Å²) in [5.41, 5.74) is 11.0. The number of carbonyl (C=O) groups excluding carboxylic acids is 1. The zero-order chi connectivity index (χ0) is 14.5. The molecule has 0 aliphatic rings. The second-order valence-electron chi connectivity index (χ2n) is 4.27. The topological polar surface area (TPSA) is 67.5 Å². The van der Waals surface area contributed by atoms with E-state index in [1.54, 1.807) is 18.2 Å². The van der Waals surface area contributed by atoms with E-state index in [4.69, 9.17) is 5.73 Å². The molecule has 0 saturated heterocycles. The van der Waals surface area contributed by atoms with E-state index in [-0.39, 0.29) is 5.91 Å². The quantitative estimate of drug-likeness (QED) is 0.515. The smallest absolute Gasteiger partial charge is 0.271 e. The van der Waals surface area contributed by atoms with E-state index in [9.17, 15) is 4.79 Å². The predicted molar refractivity (Wildman–Crippen MR) is 84.7 cm³/mol. The van der Waals surface area contributed by atoms with E-state index in [0.717, 1.165) is 10.0 Å². The molecule has 4 nitrogen and oxygen atoms in total. The Morgan fingerprint density at radius 1 is 1.15 bits per heavy atom. The van der Waals surface area contributed by atoms with Crippen LogP contribution in [0.15, 0.2) is 58.1 Å². The van der Waals surface area contributed by atoms with Crippen LogP contribution in [0, 0.1) is 0 Å². The molecule has 5 heteroatoms. The Balaban J connectivity index is 2.08. The van der Waals surface area contributed by atoms with Gasteiger partial charge < -0.3 is 5.73 Å². The normalized spacial score (nSPS) is 11.2. The molecule has 0 bridgehead atoms. The summed E-state index contributed by atoms with van der Waals surface area (Å²) in [5.74, 6) is -0.249. The second kappa shape index (κ2) is 6.34. The number of anilines is 1. The zero-order valence-corrected chi connectivity index (χ0v) is 12.5. The van der Waals surface area contributed by atoms with Gasteiger partial charge in [-0.05, 0) is 48.9 Å². The van der Waals surface area contributed by atoms with Crippen LogP contribution in [0.1, 0.15) is 22.8 Å². The number of nitrogens with zero attached hydrogens (tertiary/aromatic N) is 1. The van der Waals surface area contributed by atoms with Gasteiger partial charge in [0.05, 0.1) is 5.71 Å². The van der Waals surface area contributed by atoms with Crippen LogP contribution in [0.4, 0.5) is 5.69 Å². The summed E-state index contributed by atoms with van der Waals surface area (Å²) >= 11 is 3.32. The number of nitrogens with one attached hydrogen (secondary N) is 1. The Bertz CT molecular complexity index is 650. The summed E-state index contributed by atoms with van der Waals surface area (Å²) in [5, 5.41) is 4.08. The lowest BCUT2D eigenvalue weighted by atomic mass is 10.1. The van der Waals surface area contributed by atoms with Gasteiger partial charge in [-0.3, -0.25) is 4.79 Å². The Labute approximate surface area is 125 Å². The highest BCUT2D eigenvalue weighted by molar-refractivity contribution is 9.10. The van der Waals surface area contributed by atoms with E-state index in [0.29, 0.717) is 17.0 Å². The number of hydrogen-bond acceptors (Lipinski definition) is 3. The summed E-state index contributed by atoms with van der Waals surface area (Å²) in [6, 6.07) is 14.4. The van der Waals surface area contributed by atoms with Crippen LogP contribution >= 0.6 is 15.9 Å². The van der Waals surface area contributed by atoms with Crippen LogP contribution < -0.4 is 11.2 Å². The number of amides is 1. The van der Waals surface area contributed by atoms with Gasteiger partial charge in [-0.25, -0.2) is 5.43 Å². The highest BCUT2D eigenvalue weighted by Gasteiger charge is 2.04. The molecule has 0 aliphatic carbocycles. The second-order valence-corrected chi connectivity index (χ2v) is 5.19. The van der Waals surface area contributed by atoms with Crippen LogP contribution in [0.5, 0.6) is 0 Å². The van der Waals surface area contributed by atoms with Gasteiger partial charge in [0, 0.05) is 15.7 Å². The number of nitrogen functional groups attached to an aromatic ring is 1. The molecule has 0 spiro atoms. The summed E-state index contributed by atoms with van der Waals surface area (Å²) in [7, 11) is 0. The summed E-state index contributed by atoms with van der Waals surface area (Å²) < 4.78 is 0.925. The van der Waals surface area contributed by atoms with Crippen LogP contribution in [-0.4, -0.2) is 11.6 Å². The minimum absolute atomic E-state index is 0.249. The van der Waals surface area contributed by atoms with Gasteiger partial charge in [0.2, 0.25) is 0 Å². The maximum atomic E-state index is 11.9. The van der Waals surface area contributed by atoms with Crippen molar-refractivity contribution in [1.29, 1.82) is 0 Å². The molecule has 20 heavy (non-hydrogen) atoms. The van der Waals surface area contributed by atoms with Gasteiger partial charge >= 0.3 is 0 Å². The Kier molecular flexibility index (Phi) is 4.53. The number of benzene rings is 2. The van der Waals surface area contributed by atoms with Gasteiger partial charge in [-0.1, -0.05) is 28.1 Å². The third-order valence-corrected chi connectivity index (χ3v) is 3.26. The van der Waals surface area contributed by atoms with Crippen LogP contribution in [-0.2, 0) is 0 Å². The molecule has 0 radical (unpaired) electrons. The fourth-order valence-corrected chi connectivity index (χ4v) is 1.89. The maximum absolute atomic E-state index is 11.9. The van der Waals surface area contributed by atoms with Crippen molar-refractivity contribution in [2.75, 3.05) is 5.73 Å². The average Bonchev–Trinajstić information content (AvgIpc) is 2.45. The van der Waals surface area contributed by atoms with Gasteiger partial charge in [-0.15, -0.1) is 0 Å². The molecular weight excluding hydrogens is 318 g/mol. The third kappa shape index (κ3) is 3.68. The number of rotatable bonds is 3. The number of hydrogen-bond donors (Lipinski definition) is 2. The van der Waals surface area contributed by atoms with Crippen molar-refractivity contribution in [3.8, 4) is 0 Å². The van der Waals surface area contributed by atoms with E-state index < -0.39 is 0 Å². The molecule has 0 unspecified atom stereocenters. The summed E-state index contributed by atoms with van der Waals surface area (Å²) in [6.45, 7) is 1.82. The standard InChI is InChI=1S/C15H14BrN3O/c1-10(12-3-2-4-14(17)9-12)18-19-15(20)11-5-7-13(16)8-6-11/h2-9H,17H2,1H3,(H,19,20)/b18-10-. The van der Waals surface area contributed by atoms with Crippen molar-refractivity contribution in [3.63, 3.8) is 0 Å². The first-order valence-corrected chi connectivity index (χ1v) is 6.81. The molecule has 3 N–H and O–H groups in total. The first-order chi connectivity index (χ1) is 9.56. The molecule has 2 rings (SSSR count). The molecule has 0 heterocycles. The minimum Gasteiger partial charge on any atom is -0.399 e. The largest absolute Gasteiger partial charge is 0.399 e. The van der Waals surface area contributed by atoms with Crippen LogP contribution in [0.25, 0.3) is 0 Å². The van der Waals surface area contributed by atoms with Crippen molar-refractivity contribution in [2.45, 2.75) is 6.92 Å². The Morgan fingerprint density at radius 2 is 1.85 bits per heavy atom. The highest BCUT2D eigenvalue weighted by Crippen LogP contribution is 2.11. The molecule has 2 aromatic carbocycles. The van der Waals surface area contributed by atoms with E-state index in [1.165, 1.54) is 0 Å². The SMILES string of the molecule is C/C(=N/NC(=O)c1ccc(Br)cc1)c1cccc(N)c1. The third-order valence-electron chi connectivity index (χ3n) is 2.74. The minimum atomic E-state index is -0.249. The van der Waals surface area contributed by atoms with Crippen molar-refractivity contribution >= 4 is 33.2 Å². The maximum Gasteiger partial charge on any atom is 0.271 e. The molecule has 0 saturated carbocycles. The van der Waals surface area contributed by atoms with Gasteiger partial charge in [0.1, 0.15) is 0 Å². The molecule has 1 amide bonds. The lowest BCUT2D eigenvalue weighted by Crippen LogP contribution is -2.19. The number of carbonyl (C=O) groups is 1. The highest BCUT2D eigenvalue weighted by atomic mass is 79.9. The van der Waals surface area contributed by atoms with Crippen LogP contribution in [0.3, 0.4) is 0 Å². The molecule has 102 valence electrons. The van der Waals surface area contributed by atoms with Crippen molar-refractivity contribution < 1.29 is 4.79 Å². The van der Waals surface area contributed by atoms with Gasteiger partial charge in [-0.2, -0.15) is 5.10 Å². The van der Waals surface area contributed by atoms with Crippen molar-refractivity contribution in [2.24, 2.45) is 5.10 Å². The molecular formula is C15H14BrN3O. The van der Waals surface area contributed by atoms with E-state index >= 15 is 0 Å². The average molecular weight is 332 g/mol. The van der Waals surface area contributed by atoms with E-state index in [2.05, 4.69) is 26.5 Å². The predicted octanol–water partition coefficient (Wildman–Crippen LogP) is 3.19. The van der Waals surface area contributed by atoms with Crippen molar-refractivity contribution in [3.05, 3.63) is 64.1 Å². The Hall–Kier alpha value is -2.14. The molecule has 2 aromatic rings. The zero-order valence-electron chi connectivity index (χ0n) is 10.9. The molecule has 0 fully saturated rings. The Morgan fingerprint density at radius 3 is 2.50 bits per heavy atom. The molecule has 0 aliphatic heterocycles. The number of halogens is 1. The fourth-order valence-electron chi connectivity index (χ4n) is 1.63. The monoisotopic (exact) mass is 331 g/mol. The van der Waals surface area contributed by atoms with Gasteiger partial charge in [0.25, 0.3) is 5.91 Å². The first kappa shape index (κ1) is 14.3. The lowest BCUT2D eigenvalue weighted by Gasteiger charge is -2.04. The number of nitrogens with two attached hydrogens (primary N) is 1. The fraction of sp³-hybridized carbons (Fsp3) is 0.0667.